The van der Waals surface area contributed by atoms with Crippen molar-refractivity contribution in [2.45, 2.75) is 53.2 Å². The zero-order chi connectivity index (χ0) is 13.9. The Kier molecular flexibility index (Phi) is 4.90. The van der Waals surface area contributed by atoms with Crippen molar-refractivity contribution in [1.29, 1.82) is 0 Å². The number of nitrogens with one attached hydrogen (secondary N) is 1. The van der Waals surface area contributed by atoms with E-state index in [0.717, 1.165) is 23.5 Å². The van der Waals surface area contributed by atoms with Gasteiger partial charge in [-0.25, -0.2) is 0 Å². The van der Waals surface area contributed by atoms with E-state index in [4.69, 9.17) is 4.74 Å². The second kappa shape index (κ2) is 6.00. The SMILES string of the molecule is CCn1nc(C)c(C(C)N[C@@H](C)C(=O)OC)c1C. The smallest absolute Gasteiger partial charge is 0.322 e. The highest BCUT2D eigenvalue weighted by Gasteiger charge is 2.21. The van der Waals surface area contributed by atoms with Gasteiger partial charge in [0.25, 0.3) is 0 Å². The number of carbonyl (C=O) groups is 1. The first-order valence-corrected chi connectivity index (χ1v) is 6.30. The molecule has 5 nitrogen and oxygen atoms in total. The van der Waals surface area contributed by atoms with Crippen molar-refractivity contribution in [2.75, 3.05) is 7.11 Å². The van der Waals surface area contributed by atoms with Gasteiger partial charge in [0.2, 0.25) is 0 Å². The predicted octanol–water partition coefficient (Wildman–Crippen LogP) is 1.73. The topological polar surface area (TPSA) is 56.2 Å². The van der Waals surface area contributed by atoms with Crippen molar-refractivity contribution in [2.24, 2.45) is 0 Å². The summed E-state index contributed by atoms with van der Waals surface area (Å²) in [5.41, 5.74) is 3.31. The first-order chi connectivity index (χ1) is 8.42. The summed E-state index contributed by atoms with van der Waals surface area (Å²) in [5, 5.41) is 7.72. The molecule has 0 saturated heterocycles. The average Bonchev–Trinajstić information content (AvgIpc) is 2.62. The van der Waals surface area contributed by atoms with Crippen molar-refractivity contribution >= 4 is 5.97 Å². The number of methoxy groups -OCH3 is 1. The van der Waals surface area contributed by atoms with Crippen LogP contribution >= 0.6 is 0 Å². The first kappa shape index (κ1) is 14.7. The van der Waals surface area contributed by atoms with Gasteiger partial charge < -0.3 is 4.74 Å². The van der Waals surface area contributed by atoms with E-state index < -0.39 is 0 Å². The molecule has 1 unspecified atom stereocenters. The molecule has 0 fully saturated rings. The van der Waals surface area contributed by atoms with Crippen LogP contribution in [-0.4, -0.2) is 28.9 Å². The summed E-state index contributed by atoms with van der Waals surface area (Å²) in [6.07, 6.45) is 0. The number of carbonyl (C=O) groups excluding carboxylic acids is 1. The fraction of sp³-hybridized carbons (Fsp3) is 0.692. The van der Waals surface area contributed by atoms with Gasteiger partial charge >= 0.3 is 5.97 Å². The van der Waals surface area contributed by atoms with Crippen LogP contribution in [0.5, 0.6) is 0 Å². The molecule has 5 heteroatoms. The maximum atomic E-state index is 11.4. The summed E-state index contributed by atoms with van der Waals surface area (Å²) >= 11 is 0. The van der Waals surface area contributed by atoms with Crippen molar-refractivity contribution in [3.05, 3.63) is 17.0 Å². The number of hydrogen-bond acceptors (Lipinski definition) is 4. The van der Waals surface area contributed by atoms with Gasteiger partial charge in [0.1, 0.15) is 6.04 Å². The van der Waals surface area contributed by atoms with Gasteiger partial charge in [0.05, 0.1) is 12.8 Å². The monoisotopic (exact) mass is 253 g/mol. The number of ether oxygens (including phenoxy) is 1. The van der Waals surface area contributed by atoms with E-state index in [1.54, 1.807) is 6.92 Å². The minimum atomic E-state index is -0.325. The Morgan fingerprint density at radius 1 is 1.44 bits per heavy atom. The Labute approximate surface area is 109 Å². The molecule has 102 valence electrons. The number of aryl methyl sites for hydroxylation is 2. The van der Waals surface area contributed by atoms with Crippen LogP contribution in [0.2, 0.25) is 0 Å². The standard InChI is InChI=1S/C13H23N3O2/c1-7-16-11(5)12(9(3)15-16)8(2)14-10(4)13(17)18-6/h8,10,14H,7H2,1-6H3/t8?,10-/m0/s1. The van der Waals surface area contributed by atoms with E-state index in [1.807, 2.05) is 18.5 Å². The lowest BCUT2D eigenvalue weighted by Gasteiger charge is -2.19. The van der Waals surface area contributed by atoms with Gasteiger partial charge in [-0.3, -0.25) is 14.8 Å². The quantitative estimate of drug-likeness (QED) is 0.812. The van der Waals surface area contributed by atoms with E-state index in [0.29, 0.717) is 0 Å². The lowest BCUT2D eigenvalue weighted by Crippen LogP contribution is -2.36. The number of rotatable bonds is 5. The van der Waals surface area contributed by atoms with Crippen LogP contribution in [0.4, 0.5) is 0 Å². The molecule has 0 spiro atoms. The minimum absolute atomic E-state index is 0.0689. The van der Waals surface area contributed by atoms with E-state index in [2.05, 4.69) is 24.3 Å². The molecular weight excluding hydrogens is 230 g/mol. The Bertz CT molecular complexity index is 426. The van der Waals surface area contributed by atoms with E-state index in [9.17, 15) is 4.79 Å². The molecule has 0 saturated carbocycles. The number of aromatic nitrogens is 2. The summed E-state index contributed by atoms with van der Waals surface area (Å²) in [4.78, 5) is 11.4. The van der Waals surface area contributed by atoms with E-state index in [1.165, 1.54) is 7.11 Å². The summed E-state index contributed by atoms with van der Waals surface area (Å²) in [5.74, 6) is -0.250. The van der Waals surface area contributed by atoms with Crippen LogP contribution in [0.3, 0.4) is 0 Å². The van der Waals surface area contributed by atoms with Crippen LogP contribution in [-0.2, 0) is 16.1 Å². The average molecular weight is 253 g/mol. The molecule has 1 aromatic rings. The van der Waals surface area contributed by atoms with Crippen molar-refractivity contribution < 1.29 is 9.53 Å². The molecule has 1 rings (SSSR count). The highest BCUT2D eigenvalue weighted by Crippen LogP contribution is 2.21. The normalized spacial score (nSPS) is 14.3. The summed E-state index contributed by atoms with van der Waals surface area (Å²) in [6, 6.07) is -0.256. The van der Waals surface area contributed by atoms with Gasteiger partial charge in [-0.2, -0.15) is 5.10 Å². The third kappa shape index (κ3) is 2.90. The predicted molar refractivity (Wildman–Crippen MR) is 70.4 cm³/mol. The van der Waals surface area contributed by atoms with Crippen LogP contribution < -0.4 is 5.32 Å². The van der Waals surface area contributed by atoms with Crippen molar-refractivity contribution in [3.8, 4) is 0 Å². The van der Waals surface area contributed by atoms with Crippen LogP contribution in [0.15, 0.2) is 0 Å². The Morgan fingerprint density at radius 3 is 2.50 bits per heavy atom. The highest BCUT2D eigenvalue weighted by atomic mass is 16.5. The number of hydrogen-bond donors (Lipinski definition) is 1. The molecule has 1 heterocycles. The molecule has 0 radical (unpaired) electrons. The zero-order valence-electron chi connectivity index (χ0n) is 12.1. The Hall–Kier alpha value is -1.36. The second-order valence-electron chi connectivity index (χ2n) is 4.53. The maximum Gasteiger partial charge on any atom is 0.322 e. The molecule has 18 heavy (non-hydrogen) atoms. The molecule has 0 aliphatic rings. The first-order valence-electron chi connectivity index (χ1n) is 6.30. The largest absolute Gasteiger partial charge is 0.468 e. The molecule has 1 aromatic heterocycles. The van der Waals surface area contributed by atoms with Crippen LogP contribution in [0.1, 0.15) is 43.8 Å². The number of esters is 1. The molecule has 0 aliphatic heterocycles. The van der Waals surface area contributed by atoms with E-state index in [-0.39, 0.29) is 18.1 Å². The molecule has 1 N–H and O–H groups in total. The minimum Gasteiger partial charge on any atom is -0.468 e. The van der Waals surface area contributed by atoms with Crippen LogP contribution in [0.25, 0.3) is 0 Å². The molecule has 0 aliphatic carbocycles. The molecule has 2 atom stereocenters. The van der Waals surface area contributed by atoms with Gasteiger partial charge in [-0.15, -0.1) is 0 Å². The lowest BCUT2D eigenvalue weighted by molar-refractivity contribution is -0.142. The third-order valence-electron chi connectivity index (χ3n) is 3.22. The maximum absolute atomic E-state index is 11.4. The zero-order valence-corrected chi connectivity index (χ0v) is 12.1. The molecule has 0 amide bonds. The van der Waals surface area contributed by atoms with Gasteiger partial charge in [-0.1, -0.05) is 0 Å². The molecule has 0 bridgehead atoms. The summed E-state index contributed by atoms with van der Waals surface area (Å²) < 4.78 is 6.69. The fourth-order valence-corrected chi connectivity index (χ4v) is 2.35. The highest BCUT2D eigenvalue weighted by molar-refractivity contribution is 5.75. The summed E-state index contributed by atoms with van der Waals surface area (Å²) in [7, 11) is 1.40. The van der Waals surface area contributed by atoms with Gasteiger partial charge in [0, 0.05) is 23.8 Å². The van der Waals surface area contributed by atoms with Gasteiger partial charge in [0.15, 0.2) is 0 Å². The lowest BCUT2D eigenvalue weighted by atomic mass is 10.1. The molecule has 0 aromatic carbocycles. The third-order valence-corrected chi connectivity index (χ3v) is 3.22. The molecular formula is C13H23N3O2. The van der Waals surface area contributed by atoms with Crippen molar-refractivity contribution in [1.82, 2.24) is 15.1 Å². The summed E-state index contributed by atoms with van der Waals surface area (Å²) in [6.45, 7) is 10.8. The van der Waals surface area contributed by atoms with Crippen molar-refractivity contribution in [3.63, 3.8) is 0 Å². The van der Waals surface area contributed by atoms with Crippen LogP contribution in [0, 0.1) is 13.8 Å². The number of nitrogens with zero attached hydrogens (tertiary/aromatic N) is 2. The van der Waals surface area contributed by atoms with Gasteiger partial charge in [-0.05, 0) is 34.6 Å². The Balaban J connectivity index is 2.87. The van der Waals surface area contributed by atoms with E-state index >= 15 is 0 Å². The Morgan fingerprint density at radius 2 is 2.06 bits per heavy atom. The fourth-order valence-electron chi connectivity index (χ4n) is 2.35. The second-order valence-corrected chi connectivity index (χ2v) is 4.53.